The molecular formula is C22H30ClN3O6S2. The Kier molecular flexibility index (Phi) is 9.74. The Bertz CT molecular complexity index is 1200. The second kappa shape index (κ2) is 11.9. The molecule has 1 N–H and O–H groups in total. The van der Waals surface area contributed by atoms with E-state index in [-0.39, 0.29) is 36.9 Å². The van der Waals surface area contributed by atoms with Gasteiger partial charge in [0.05, 0.1) is 23.4 Å². The molecule has 0 spiro atoms. The summed E-state index contributed by atoms with van der Waals surface area (Å²) in [6, 6.07) is 11.1. The van der Waals surface area contributed by atoms with Crippen LogP contribution in [0.4, 0.5) is 5.69 Å². The van der Waals surface area contributed by atoms with E-state index < -0.39 is 20.0 Å². The highest BCUT2D eigenvalue weighted by Gasteiger charge is 2.20. The number of nitrogens with zero attached hydrogens (tertiary/aromatic N) is 2. The predicted molar refractivity (Wildman–Crippen MR) is 133 cm³/mol. The van der Waals surface area contributed by atoms with Crippen LogP contribution in [0, 0.1) is 6.92 Å². The molecule has 0 saturated heterocycles. The molecule has 188 valence electrons. The maximum Gasteiger partial charge on any atom is 0.242 e. The zero-order valence-electron chi connectivity index (χ0n) is 19.6. The van der Waals surface area contributed by atoms with Crippen LogP contribution in [-0.4, -0.2) is 67.1 Å². The van der Waals surface area contributed by atoms with E-state index in [2.05, 4.69) is 5.32 Å². The Morgan fingerprint density at radius 2 is 1.71 bits per heavy atom. The van der Waals surface area contributed by atoms with Gasteiger partial charge in [-0.1, -0.05) is 17.7 Å². The molecule has 0 aromatic heterocycles. The van der Waals surface area contributed by atoms with Crippen molar-refractivity contribution in [1.82, 2.24) is 9.62 Å². The molecule has 0 aliphatic rings. The summed E-state index contributed by atoms with van der Waals surface area (Å²) in [5.41, 5.74) is 1.15. The lowest BCUT2D eigenvalue weighted by molar-refractivity contribution is -0.121. The van der Waals surface area contributed by atoms with E-state index in [4.69, 9.17) is 16.3 Å². The minimum Gasteiger partial charge on any atom is -0.492 e. The van der Waals surface area contributed by atoms with Crippen molar-refractivity contribution in [2.75, 3.05) is 44.4 Å². The largest absolute Gasteiger partial charge is 0.492 e. The predicted octanol–water partition coefficient (Wildman–Crippen LogP) is 2.64. The zero-order chi connectivity index (χ0) is 25.5. The van der Waals surface area contributed by atoms with E-state index in [0.717, 1.165) is 10.6 Å². The average molecular weight is 532 g/mol. The number of anilines is 1. The van der Waals surface area contributed by atoms with Gasteiger partial charge in [0.1, 0.15) is 12.4 Å². The number of carbonyl (C=O) groups excluding carboxylic acids is 1. The van der Waals surface area contributed by atoms with Crippen LogP contribution in [0.2, 0.25) is 5.02 Å². The highest BCUT2D eigenvalue weighted by Crippen LogP contribution is 2.28. The lowest BCUT2D eigenvalue weighted by atomic mass is 10.2. The summed E-state index contributed by atoms with van der Waals surface area (Å²) in [6.07, 6.45) is 1.59. The highest BCUT2D eigenvalue weighted by molar-refractivity contribution is 7.92. The molecule has 34 heavy (non-hydrogen) atoms. The lowest BCUT2D eigenvalue weighted by Gasteiger charge is -2.24. The number of benzene rings is 2. The summed E-state index contributed by atoms with van der Waals surface area (Å²) < 4.78 is 56.6. The maximum atomic E-state index is 12.3. The van der Waals surface area contributed by atoms with Crippen molar-refractivity contribution in [2.45, 2.75) is 24.7 Å². The summed E-state index contributed by atoms with van der Waals surface area (Å²) >= 11 is 6.12. The van der Waals surface area contributed by atoms with Gasteiger partial charge in [-0.05, 0) is 55.3 Å². The summed E-state index contributed by atoms with van der Waals surface area (Å²) in [7, 11) is -4.13. The molecule has 0 aliphatic heterocycles. The van der Waals surface area contributed by atoms with Gasteiger partial charge < -0.3 is 10.1 Å². The fourth-order valence-corrected chi connectivity index (χ4v) is 5.17. The fraction of sp³-hybridized carbons (Fsp3) is 0.409. The van der Waals surface area contributed by atoms with Gasteiger partial charge in [0.2, 0.25) is 26.0 Å². The molecule has 0 atom stereocenters. The fourth-order valence-electron chi connectivity index (χ4n) is 3.08. The first-order valence-corrected chi connectivity index (χ1v) is 14.2. The van der Waals surface area contributed by atoms with Gasteiger partial charge in [-0.2, -0.15) is 0 Å². The van der Waals surface area contributed by atoms with Crippen molar-refractivity contribution in [1.29, 1.82) is 0 Å². The molecule has 1 amide bonds. The number of amides is 1. The number of hydrogen-bond donors (Lipinski definition) is 1. The molecule has 12 heteroatoms. The van der Waals surface area contributed by atoms with Crippen molar-refractivity contribution in [2.24, 2.45) is 0 Å². The Labute approximate surface area is 206 Å². The molecular weight excluding hydrogens is 502 g/mol. The third-order valence-electron chi connectivity index (χ3n) is 4.97. The molecule has 2 aromatic carbocycles. The SMILES string of the molecule is Cc1c(Cl)cccc1N(CCCC(=O)NCCOc1ccc(S(=O)(=O)N(C)C)cc1)S(C)(=O)=O. The van der Waals surface area contributed by atoms with E-state index in [0.29, 0.717) is 28.4 Å². The third kappa shape index (κ3) is 7.59. The molecule has 2 rings (SSSR count). The molecule has 0 heterocycles. The first-order chi connectivity index (χ1) is 15.8. The normalized spacial score (nSPS) is 11.9. The molecule has 0 bridgehead atoms. The van der Waals surface area contributed by atoms with Crippen molar-refractivity contribution in [3.05, 3.63) is 53.1 Å². The highest BCUT2D eigenvalue weighted by atomic mass is 35.5. The molecule has 0 aliphatic carbocycles. The number of hydrogen-bond acceptors (Lipinski definition) is 6. The third-order valence-corrected chi connectivity index (χ3v) is 8.39. The van der Waals surface area contributed by atoms with E-state index in [1.165, 1.54) is 30.5 Å². The first-order valence-electron chi connectivity index (χ1n) is 10.5. The number of ether oxygens (including phenoxy) is 1. The number of carbonyl (C=O) groups is 1. The van der Waals surface area contributed by atoms with E-state index in [1.54, 1.807) is 37.3 Å². The Balaban J connectivity index is 1.79. The van der Waals surface area contributed by atoms with Crippen molar-refractivity contribution in [3.8, 4) is 5.75 Å². The van der Waals surface area contributed by atoms with Crippen molar-refractivity contribution < 1.29 is 26.4 Å². The second-order valence-electron chi connectivity index (χ2n) is 7.78. The zero-order valence-corrected chi connectivity index (χ0v) is 22.0. The summed E-state index contributed by atoms with van der Waals surface area (Å²) in [5, 5.41) is 3.19. The quantitative estimate of drug-likeness (QED) is 0.421. The van der Waals surface area contributed by atoms with Crippen LogP contribution >= 0.6 is 11.6 Å². The summed E-state index contributed by atoms with van der Waals surface area (Å²) in [5.74, 6) is 0.250. The van der Waals surface area contributed by atoms with Gasteiger partial charge in [-0.3, -0.25) is 9.10 Å². The minimum atomic E-state index is -3.54. The van der Waals surface area contributed by atoms with Crippen LogP contribution in [0.5, 0.6) is 5.75 Å². The Hall–Kier alpha value is -2.34. The van der Waals surface area contributed by atoms with Crippen LogP contribution in [0.1, 0.15) is 18.4 Å². The second-order valence-corrected chi connectivity index (χ2v) is 12.2. The van der Waals surface area contributed by atoms with Gasteiger partial charge in [0, 0.05) is 32.1 Å². The first kappa shape index (κ1) is 27.9. The topological polar surface area (TPSA) is 113 Å². The van der Waals surface area contributed by atoms with Crippen LogP contribution in [-0.2, 0) is 24.8 Å². The number of rotatable bonds is 12. The van der Waals surface area contributed by atoms with E-state index in [1.807, 2.05) is 0 Å². The van der Waals surface area contributed by atoms with Crippen LogP contribution in [0.3, 0.4) is 0 Å². The average Bonchev–Trinajstić information content (AvgIpc) is 2.76. The molecule has 2 aromatic rings. The standard InChI is InChI=1S/C22H30ClN3O6S2/c1-17-20(23)7-5-8-21(17)26(33(4,28)29)15-6-9-22(27)24-14-16-32-18-10-12-19(13-11-18)34(30,31)25(2)3/h5,7-8,10-13H,6,9,14-16H2,1-4H3,(H,24,27). The smallest absolute Gasteiger partial charge is 0.242 e. The van der Waals surface area contributed by atoms with Crippen LogP contribution in [0.25, 0.3) is 0 Å². The Morgan fingerprint density at radius 3 is 2.29 bits per heavy atom. The minimum absolute atomic E-state index is 0.142. The number of nitrogens with one attached hydrogen (secondary N) is 1. The molecule has 0 fully saturated rings. The van der Waals surface area contributed by atoms with Gasteiger partial charge in [-0.25, -0.2) is 21.1 Å². The van der Waals surface area contributed by atoms with Crippen LogP contribution < -0.4 is 14.4 Å². The molecule has 0 saturated carbocycles. The van der Waals surface area contributed by atoms with Gasteiger partial charge in [0.25, 0.3) is 0 Å². The number of halogens is 1. The van der Waals surface area contributed by atoms with Crippen LogP contribution in [0.15, 0.2) is 47.4 Å². The van der Waals surface area contributed by atoms with E-state index >= 15 is 0 Å². The summed E-state index contributed by atoms with van der Waals surface area (Å²) in [4.78, 5) is 12.3. The molecule has 0 unspecified atom stereocenters. The van der Waals surface area contributed by atoms with Gasteiger partial charge in [0.15, 0.2) is 0 Å². The number of sulfonamides is 2. The maximum absolute atomic E-state index is 12.3. The monoisotopic (exact) mass is 531 g/mol. The Morgan fingerprint density at radius 1 is 1.06 bits per heavy atom. The summed E-state index contributed by atoms with van der Waals surface area (Å²) in [6.45, 7) is 2.34. The lowest BCUT2D eigenvalue weighted by Crippen LogP contribution is -2.33. The van der Waals surface area contributed by atoms with Crippen molar-refractivity contribution in [3.63, 3.8) is 0 Å². The van der Waals surface area contributed by atoms with Crippen molar-refractivity contribution >= 4 is 43.2 Å². The van der Waals surface area contributed by atoms with Gasteiger partial charge >= 0.3 is 0 Å². The molecule has 9 nitrogen and oxygen atoms in total. The van der Waals surface area contributed by atoms with Gasteiger partial charge in [-0.15, -0.1) is 0 Å². The van der Waals surface area contributed by atoms with E-state index in [9.17, 15) is 21.6 Å². The molecule has 0 radical (unpaired) electrons.